The standard InChI is InChI=1S/C20H20N4O2S/c1-11-12(2)15(9-21)19(22-13(11)3)27-14(4)20(26)24-10-18(25)23-16-7-5-6-8-17(16)24/h5-8,14H,10H2,1-4H3,(H,23,25)/t14-/m0/s1. The molecule has 2 heterocycles. The highest BCUT2D eigenvalue weighted by atomic mass is 32.2. The zero-order valence-electron chi connectivity index (χ0n) is 15.7. The summed E-state index contributed by atoms with van der Waals surface area (Å²) in [5.41, 5.74) is 4.51. The lowest BCUT2D eigenvalue weighted by molar-refractivity contribution is -0.121. The summed E-state index contributed by atoms with van der Waals surface area (Å²) in [5.74, 6) is -0.416. The van der Waals surface area contributed by atoms with Gasteiger partial charge >= 0.3 is 0 Å². The highest BCUT2D eigenvalue weighted by Gasteiger charge is 2.31. The van der Waals surface area contributed by atoms with E-state index in [1.807, 2.05) is 39.0 Å². The number of anilines is 2. The van der Waals surface area contributed by atoms with Crippen LogP contribution in [0.1, 0.15) is 29.3 Å². The van der Waals surface area contributed by atoms with Gasteiger partial charge in [0.15, 0.2) is 0 Å². The second-order valence-corrected chi connectivity index (χ2v) is 7.82. The average molecular weight is 380 g/mol. The smallest absolute Gasteiger partial charge is 0.244 e. The number of thioether (sulfide) groups is 1. The molecule has 27 heavy (non-hydrogen) atoms. The zero-order chi connectivity index (χ0) is 19.7. The van der Waals surface area contributed by atoms with Gasteiger partial charge in [0.05, 0.1) is 22.2 Å². The molecule has 2 amide bonds. The summed E-state index contributed by atoms with van der Waals surface area (Å²) in [6.07, 6.45) is 0. The van der Waals surface area contributed by atoms with Crippen LogP contribution < -0.4 is 10.2 Å². The van der Waals surface area contributed by atoms with Crippen molar-refractivity contribution in [1.82, 2.24) is 4.98 Å². The van der Waals surface area contributed by atoms with E-state index in [0.29, 0.717) is 22.0 Å². The van der Waals surface area contributed by atoms with Gasteiger partial charge in [-0.05, 0) is 51.0 Å². The van der Waals surface area contributed by atoms with Crippen LogP contribution in [-0.2, 0) is 9.59 Å². The second-order valence-electron chi connectivity index (χ2n) is 6.49. The van der Waals surface area contributed by atoms with Gasteiger partial charge in [0.25, 0.3) is 0 Å². The van der Waals surface area contributed by atoms with Crippen molar-refractivity contribution in [3.8, 4) is 6.07 Å². The lowest BCUT2D eigenvalue weighted by Crippen LogP contribution is -2.45. The molecule has 0 spiro atoms. The number of nitrogens with zero attached hydrogens (tertiary/aromatic N) is 3. The maximum absolute atomic E-state index is 13.1. The molecule has 138 valence electrons. The van der Waals surface area contributed by atoms with E-state index in [1.54, 1.807) is 13.0 Å². The van der Waals surface area contributed by atoms with E-state index in [0.717, 1.165) is 16.8 Å². The molecule has 0 bridgehead atoms. The molecule has 6 nitrogen and oxygen atoms in total. The Hall–Kier alpha value is -2.85. The normalized spacial score (nSPS) is 14.2. The molecule has 1 aromatic heterocycles. The first-order chi connectivity index (χ1) is 12.8. The van der Waals surface area contributed by atoms with E-state index in [-0.39, 0.29) is 18.4 Å². The number of aryl methyl sites for hydroxylation is 1. The third-order valence-corrected chi connectivity index (χ3v) is 5.82. The van der Waals surface area contributed by atoms with Crippen LogP contribution >= 0.6 is 11.8 Å². The number of carbonyl (C=O) groups excluding carboxylic acids is 2. The third kappa shape index (κ3) is 3.53. The van der Waals surface area contributed by atoms with Gasteiger partial charge < -0.3 is 5.32 Å². The monoisotopic (exact) mass is 380 g/mol. The lowest BCUT2D eigenvalue weighted by atomic mass is 10.1. The van der Waals surface area contributed by atoms with Crippen molar-refractivity contribution < 1.29 is 9.59 Å². The third-order valence-electron chi connectivity index (χ3n) is 4.75. The van der Waals surface area contributed by atoms with Crippen LogP contribution in [0.5, 0.6) is 0 Å². The average Bonchev–Trinajstić information content (AvgIpc) is 2.65. The zero-order valence-corrected chi connectivity index (χ0v) is 16.5. The summed E-state index contributed by atoms with van der Waals surface area (Å²) in [7, 11) is 0. The molecule has 1 N–H and O–H groups in total. The Morgan fingerprint density at radius 1 is 1.30 bits per heavy atom. The fourth-order valence-corrected chi connectivity index (χ4v) is 4.06. The molecule has 2 aromatic rings. The molecule has 1 aromatic carbocycles. The first-order valence-corrected chi connectivity index (χ1v) is 9.46. The highest BCUT2D eigenvalue weighted by Crippen LogP contribution is 2.33. The molecule has 3 rings (SSSR count). The molecule has 1 aliphatic rings. The van der Waals surface area contributed by atoms with Crippen molar-refractivity contribution in [2.24, 2.45) is 0 Å². The van der Waals surface area contributed by atoms with E-state index in [9.17, 15) is 14.9 Å². The maximum Gasteiger partial charge on any atom is 0.244 e. The summed E-state index contributed by atoms with van der Waals surface area (Å²) in [5, 5.41) is 12.4. The summed E-state index contributed by atoms with van der Waals surface area (Å²) < 4.78 is 0. The minimum Gasteiger partial charge on any atom is -0.323 e. The van der Waals surface area contributed by atoms with Crippen LogP contribution in [0.25, 0.3) is 0 Å². The van der Waals surface area contributed by atoms with Crippen LogP contribution in [-0.4, -0.2) is 28.6 Å². The van der Waals surface area contributed by atoms with Gasteiger partial charge in [0.2, 0.25) is 11.8 Å². The topological polar surface area (TPSA) is 86.1 Å². The number of aromatic nitrogens is 1. The fourth-order valence-electron chi connectivity index (χ4n) is 3.00. The summed E-state index contributed by atoms with van der Waals surface area (Å²) in [4.78, 5) is 31.1. The highest BCUT2D eigenvalue weighted by molar-refractivity contribution is 8.00. The van der Waals surface area contributed by atoms with Crippen LogP contribution in [0.15, 0.2) is 29.3 Å². The van der Waals surface area contributed by atoms with E-state index in [4.69, 9.17) is 0 Å². The van der Waals surface area contributed by atoms with Crippen LogP contribution in [0.4, 0.5) is 11.4 Å². The lowest BCUT2D eigenvalue weighted by Gasteiger charge is -2.30. The summed E-state index contributed by atoms with van der Waals surface area (Å²) in [6.45, 7) is 7.47. The van der Waals surface area contributed by atoms with Crippen molar-refractivity contribution >= 4 is 35.0 Å². The first-order valence-electron chi connectivity index (χ1n) is 8.58. The Morgan fingerprint density at radius 3 is 2.70 bits per heavy atom. The molecule has 1 atom stereocenters. The van der Waals surface area contributed by atoms with Gasteiger partial charge in [0.1, 0.15) is 17.6 Å². The Labute approximate surface area is 162 Å². The van der Waals surface area contributed by atoms with E-state index >= 15 is 0 Å². The van der Waals surface area contributed by atoms with Gasteiger partial charge in [-0.1, -0.05) is 23.9 Å². The SMILES string of the molecule is Cc1nc(S[C@@H](C)C(=O)N2CC(=O)Nc3ccccc32)c(C#N)c(C)c1C. The Bertz CT molecular complexity index is 981. The maximum atomic E-state index is 13.1. The summed E-state index contributed by atoms with van der Waals surface area (Å²) in [6, 6.07) is 9.43. The van der Waals surface area contributed by atoms with Gasteiger partial charge in [-0.25, -0.2) is 4.98 Å². The number of benzene rings is 1. The molecule has 1 aliphatic heterocycles. The number of rotatable bonds is 3. The van der Waals surface area contributed by atoms with Crippen LogP contribution in [0.2, 0.25) is 0 Å². The minimum absolute atomic E-state index is 0.0226. The molecule has 0 aliphatic carbocycles. The first kappa shape index (κ1) is 18.9. The molecule has 0 saturated heterocycles. The Kier molecular flexibility index (Phi) is 5.19. The van der Waals surface area contributed by atoms with Gasteiger partial charge in [-0.2, -0.15) is 5.26 Å². The predicted octanol–water partition coefficient (Wildman–Crippen LogP) is 3.34. The number of nitrogens with one attached hydrogen (secondary N) is 1. The van der Waals surface area contributed by atoms with Crippen molar-refractivity contribution in [1.29, 1.82) is 5.26 Å². The second kappa shape index (κ2) is 7.41. The molecule has 7 heteroatoms. The molecular weight excluding hydrogens is 360 g/mol. The number of fused-ring (bicyclic) bond motifs is 1. The predicted molar refractivity (Wildman–Crippen MR) is 106 cm³/mol. The minimum atomic E-state index is -0.495. The van der Waals surface area contributed by atoms with E-state index < -0.39 is 5.25 Å². The van der Waals surface area contributed by atoms with Gasteiger partial charge in [-0.3, -0.25) is 14.5 Å². The van der Waals surface area contributed by atoms with Gasteiger partial charge in [0, 0.05) is 5.69 Å². The van der Waals surface area contributed by atoms with E-state index in [1.165, 1.54) is 16.7 Å². The Morgan fingerprint density at radius 2 is 2.00 bits per heavy atom. The number of amides is 2. The molecular formula is C20H20N4O2S. The Balaban J connectivity index is 1.90. The molecule has 0 saturated carbocycles. The number of hydrogen-bond donors (Lipinski definition) is 1. The number of carbonyl (C=O) groups is 2. The molecule has 0 fully saturated rings. The number of hydrogen-bond acceptors (Lipinski definition) is 5. The van der Waals surface area contributed by atoms with Crippen LogP contribution in [0, 0.1) is 32.1 Å². The fraction of sp³-hybridized carbons (Fsp3) is 0.300. The van der Waals surface area contributed by atoms with Gasteiger partial charge in [-0.15, -0.1) is 0 Å². The molecule has 0 unspecified atom stereocenters. The number of nitriles is 1. The van der Waals surface area contributed by atoms with Crippen molar-refractivity contribution in [2.45, 2.75) is 38.0 Å². The van der Waals surface area contributed by atoms with Crippen molar-refractivity contribution in [2.75, 3.05) is 16.8 Å². The quantitative estimate of drug-likeness (QED) is 0.826. The largest absolute Gasteiger partial charge is 0.323 e. The van der Waals surface area contributed by atoms with Crippen LogP contribution in [0.3, 0.4) is 0 Å². The van der Waals surface area contributed by atoms with Crippen molar-refractivity contribution in [3.63, 3.8) is 0 Å². The summed E-state index contributed by atoms with van der Waals surface area (Å²) >= 11 is 1.25. The molecule has 0 radical (unpaired) electrons. The number of pyridine rings is 1. The number of para-hydroxylation sites is 2. The van der Waals surface area contributed by atoms with Crippen molar-refractivity contribution in [3.05, 3.63) is 46.6 Å². The van der Waals surface area contributed by atoms with E-state index in [2.05, 4.69) is 16.4 Å².